The van der Waals surface area contributed by atoms with Crippen LogP contribution >= 0.6 is 11.6 Å². The molecule has 0 atom stereocenters. The fourth-order valence-electron chi connectivity index (χ4n) is 2.56. The van der Waals surface area contributed by atoms with Gasteiger partial charge in [-0.1, -0.05) is 11.6 Å². The Kier molecular flexibility index (Phi) is 3.73. The molecule has 1 aliphatic heterocycles. The monoisotopic (exact) mass is 278 g/mol. The van der Waals surface area contributed by atoms with Gasteiger partial charge < -0.3 is 14.6 Å². The summed E-state index contributed by atoms with van der Waals surface area (Å²) in [4.78, 5) is 6.96. The molecule has 1 N–H and O–H groups in total. The summed E-state index contributed by atoms with van der Waals surface area (Å²) in [5, 5.41) is 4.33. The Balaban J connectivity index is 1.62. The molecule has 0 unspecified atom stereocenters. The van der Waals surface area contributed by atoms with Crippen LogP contribution in [0.1, 0.15) is 18.5 Å². The number of likely N-dealkylation sites (tertiary alicyclic amines) is 1. The van der Waals surface area contributed by atoms with Crippen LogP contribution in [0.5, 0.6) is 0 Å². The Labute approximate surface area is 118 Å². The van der Waals surface area contributed by atoms with Crippen molar-refractivity contribution in [3.8, 4) is 0 Å². The van der Waals surface area contributed by atoms with Gasteiger partial charge >= 0.3 is 0 Å². The van der Waals surface area contributed by atoms with Crippen LogP contribution in [-0.4, -0.2) is 40.5 Å². The van der Waals surface area contributed by atoms with Crippen LogP contribution in [0.4, 0.5) is 0 Å². The van der Waals surface area contributed by atoms with Crippen LogP contribution in [0, 0.1) is 0 Å². The van der Waals surface area contributed by atoms with E-state index >= 15 is 0 Å². The molecule has 0 amide bonds. The molecule has 0 aliphatic carbocycles. The van der Waals surface area contributed by atoms with Gasteiger partial charge in [0.15, 0.2) is 0 Å². The van der Waals surface area contributed by atoms with Gasteiger partial charge in [-0.15, -0.1) is 0 Å². The van der Waals surface area contributed by atoms with Crippen LogP contribution in [-0.2, 0) is 6.54 Å². The number of piperidine rings is 1. The Hall–Kier alpha value is -1.10. The van der Waals surface area contributed by atoms with Crippen LogP contribution < -0.4 is 5.32 Å². The summed E-state index contributed by atoms with van der Waals surface area (Å²) in [5.74, 6) is 0. The molecule has 0 bridgehead atoms. The minimum absolute atomic E-state index is 0.615. The number of rotatable bonds is 3. The van der Waals surface area contributed by atoms with Gasteiger partial charge in [-0.2, -0.15) is 0 Å². The smallest absolute Gasteiger partial charge is 0.137 e. The number of nitrogens with zero attached hydrogens (tertiary/aromatic N) is 3. The van der Waals surface area contributed by atoms with Gasteiger partial charge in [-0.25, -0.2) is 4.98 Å². The van der Waals surface area contributed by atoms with Crippen molar-refractivity contribution in [2.24, 2.45) is 0 Å². The maximum absolute atomic E-state index is 5.97. The zero-order valence-electron chi connectivity index (χ0n) is 11.1. The zero-order valence-corrected chi connectivity index (χ0v) is 11.9. The van der Waals surface area contributed by atoms with Gasteiger partial charge in [0.2, 0.25) is 0 Å². The average molecular weight is 279 g/mol. The highest BCUT2D eigenvalue weighted by molar-refractivity contribution is 6.30. The molecular formula is C14H19ClN4. The molecule has 3 rings (SSSR count). The summed E-state index contributed by atoms with van der Waals surface area (Å²) in [7, 11) is 2.18. The van der Waals surface area contributed by atoms with Gasteiger partial charge in [0, 0.05) is 25.0 Å². The molecule has 0 aromatic carbocycles. The summed E-state index contributed by atoms with van der Waals surface area (Å²) in [6.45, 7) is 3.19. The van der Waals surface area contributed by atoms with E-state index in [1.165, 1.54) is 25.9 Å². The maximum atomic E-state index is 5.97. The number of hydrogen-bond donors (Lipinski definition) is 1. The van der Waals surface area contributed by atoms with Crippen LogP contribution in [0.25, 0.3) is 5.65 Å². The van der Waals surface area contributed by atoms with E-state index in [-0.39, 0.29) is 0 Å². The third kappa shape index (κ3) is 3.08. The lowest BCUT2D eigenvalue weighted by Crippen LogP contribution is -2.40. The molecule has 5 heteroatoms. The summed E-state index contributed by atoms with van der Waals surface area (Å²) < 4.78 is 1.98. The van der Waals surface area contributed by atoms with Crippen molar-refractivity contribution in [1.29, 1.82) is 0 Å². The van der Waals surface area contributed by atoms with Crippen molar-refractivity contribution < 1.29 is 0 Å². The molecule has 19 heavy (non-hydrogen) atoms. The molecule has 0 saturated carbocycles. The predicted molar refractivity (Wildman–Crippen MR) is 77.6 cm³/mol. The molecule has 102 valence electrons. The van der Waals surface area contributed by atoms with Crippen molar-refractivity contribution in [3.05, 3.63) is 35.2 Å². The van der Waals surface area contributed by atoms with E-state index in [2.05, 4.69) is 22.2 Å². The second-order valence-corrected chi connectivity index (χ2v) is 5.74. The van der Waals surface area contributed by atoms with Crippen LogP contribution in [0.2, 0.25) is 5.02 Å². The lowest BCUT2D eigenvalue weighted by Gasteiger charge is -2.29. The fourth-order valence-corrected chi connectivity index (χ4v) is 2.73. The van der Waals surface area contributed by atoms with Gasteiger partial charge in [-0.05, 0) is 45.1 Å². The van der Waals surface area contributed by atoms with E-state index in [0.717, 1.165) is 22.9 Å². The quantitative estimate of drug-likeness (QED) is 0.934. The number of hydrogen-bond acceptors (Lipinski definition) is 3. The molecule has 2 aromatic rings. The number of pyridine rings is 1. The molecule has 2 aromatic heterocycles. The molecule has 0 radical (unpaired) electrons. The van der Waals surface area contributed by atoms with E-state index < -0.39 is 0 Å². The Morgan fingerprint density at radius 2 is 2.11 bits per heavy atom. The number of fused-ring (bicyclic) bond motifs is 1. The first kappa shape index (κ1) is 12.9. The molecule has 4 nitrogen and oxygen atoms in total. The largest absolute Gasteiger partial charge is 0.308 e. The molecular weight excluding hydrogens is 260 g/mol. The predicted octanol–water partition coefficient (Wildman–Crippen LogP) is 2.17. The van der Waals surface area contributed by atoms with Gasteiger partial charge in [0.1, 0.15) is 5.65 Å². The molecule has 3 heterocycles. The third-order valence-corrected chi connectivity index (χ3v) is 3.98. The summed E-state index contributed by atoms with van der Waals surface area (Å²) in [6.07, 6.45) is 6.37. The van der Waals surface area contributed by atoms with Crippen LogP contribution in [0.15, 0.2) is 24.5 Å². The first-order valence-electron chi connectivity index (χ1n) is 6.76. The highest BCUT2D eigenvalue weighted by Gasteiger charge is 2.16. The number of imidazole rings is 1. The number of halogens is 1. The van der Waals surface area contributed by atoms with E-state index in [1.807, 2.05) is 28.9 Å². The Morgan fingerprint density at radius 1 is 1.32 bits per heavy atom. The minimum atomic E-state index is 0.615. The maximum Gasteiger partial charge on any atom is 0.137 e. The molecule has 1 saturated heterocycles. The van der Waals surface area contributed by atoms with Crippen molar-refractivity contribution in [3.63, 3.8) is 0 Å². The minimum Gasteiger partial charge on any atom is -0.308 e. The molecule has 1 fully saturated rings. The summed E-state index contributed by atoms with van der Waals surface area (Å²) in [5.41, 5.74) is 2.02. The molecule has 1 aliphatic rings. The highest BCUT2D eigenvalue weighted by Crippen LogP contribution is 2.13. The van der Waals surface area contributed by atoms with Crippen molar-refractivity contribution >= 4 is 17.2 Å². The lowest BCUT2D eigenvalue weighted by molar-refractivity contribution is 0.234. The lowest BCUT2D eigenvalue weighted by atomic mass is 10.1. The van der Waals surface area contributed by atoms with Crippen LogP contribution in [0.3, 0.4) is 0 Å². The fraction of sp³-hybridized carbons (Fsp3) is 0.500. The van der Waals surface area contributed by atoms with Crippen molar-refractivity contribution in [2.75, 3.05) is 20.1 Å². The van der Waals surface area contributed by atoms with Gasteiger partial charge in [-0.3, -0.25) is 0 Å². The average Bonchev–Trinajstić information content (AvgIpc) is 2.80. The Bertz CT molecular complexity index is 558. The second kappa shape index (κ2) is 5.49. The highest BCUT2D eigenvalue weighted by atomic mass is 35.5. The van der Waals surface area contributed by atoms with E-state index in [9.17, 15) is 0 Å². The summed E-state index contributed by atoms with van der Waals surface area (Å²) >= 11 is 5.97. The molecule has 0 spiro atoms. The number of aromatic nitrogens is 2. The van der Waals surface area contributed by atoms with E-state index in [4.69, 9.17) is 11.6 Å². The second-order valence-electron chi connectivity index (χ2n) is 5.30. The van der Waals surface area contributed by atoms with Gasteiger partial charge in [0.25, 0.3) is 0 Å². The zero-order chi connectivity index (χ0) is 13.2. The van der Waals surface area contributed by atoms with Gasteiger partial charge in [0.05, 0.1) is 10.7 Å². The topological polar surface area (TPSA) is 32.6 Å². The first-order valence-corrected chi connectivity index (χ1v) is 7.13. The SMILES string of the molecule is CN1CCC(NCc2cn3cc(Cl)ccc3n2)CC1. The number of nitrogens with one attached hydrogen (secondary N) is 1. The van der Waals surface area contributed by atoms with Crippen molar-refractivity contribution in [1.82, 2.24) is 19.6 Å². The standard InChI is InChI=1S/C14H19ClN4/c1-18-6-4-12(5-7-18)16-8-13-10-19-9-11(15)2-3-14(19)17-13/h2-3,9-10,12,16H,4-8H2,1H3. The third-order valence-electron chi connectivity index (χ3n) is 3.76. The van der Waals surface area contributed by atoms with E-state index in [1.54, 1.807) is 0 Å². The van der Waals surface area contributed by atoms with E-state index in [0.29, 0.717) is 6.04 Å². The Morgan fingerprint density at radius 3 is 2.89 bits per heavy atom. The first-order chi connectivity index (χ1) is 9.20. The van der Waals surface area contributed by atoms with Crippen molar-refractivity contribution in [2.45, 2.75) is 25.4 Å². The normalized spacial score (nSPS) is 18.2. The summed E-state index contributed by atoms with van der Waals surface area (Å²) in [6, 6.07) is 4.43.